The van der Waals surface area contributed by atoms with Gasteiger partial charge in [0, 0.05) is 22.6 Å². The Kier molecular flexibility index (Phi) is 8.52. The molecule has 2 amide bonds. The summed E-state index contributed by atoms with van der Waals surface area (Å²) >= 11 is 9.35. The summed E-state index contributed by atoms with van der Waals surface area (Å²) < 4.78 is 0.970. The first kappa shape index (κ1) is 22.4. The number of benzene rings is 2. The molecule has 6 heteroatoms. The summed E-state index contributed by atoms with van der Waals surface area (Å²) in [5.41, 5.74) is 1.83. The zero-order valence-corrected chi connectivity index (χ0v) is 18.8. The fourth-order valence-corrected chi connectivity index (χ4v) is 3.09. The van der Waals surface area contributed by atoms with E-state index in [0.29, 0.717) is 24.0 Å². The van der Waals surface area contributed by atoms with Crippen LogP contribution in [0.2, 0.25) is 5.02 Å². The van der Waals surface area contributed by atoms with E-state index in [1.807, 2.05) is 50.2 Å². The van der Waals surface area contributed by atoms with Crippen molar-refractivity contribution in [1.82, 2.24) is 10.2 Å². The fraction of sp³-hybridized carbons (Fsp3) is 0.364. The highest BCUT2D eigenvalue weighted by Gasteiger charge is 2.26. The van der Waals surface area contributed by atoms with Crippen molar-refractivity contribution in [2.45, 2.75) is 39.8 Å². The van der Waals surface area contributed by atoms with Crippen LogP contribution in [0.4, 0.5) is 0 Å². The molecule has 0 spiro atoms. The van der Waals surface area contributed by atoms with Gasteiger partial charge in [0.05, 0.1) is 6.42 Å². The lowest BCUT2D eigenvalue weighted by atomic mass is 10.1. The first-order valence-electron chi connectivity index (χ1n) is 9.32. The highest BCUT2D eigenvalue weighted by Crippen LogP contribution is 2.16. The average molecular weight is 466 g/mol. The molecule has 1 atom stereocenters. The lowest BCUT2D eigenvalue weighted by Crippen LogP contribution is -2.48. The maximum absolute atomic E-state index is 13.1. The van der Waals surface area contributed by atoms with Gasteiger partial charge in [-0.1, -0.05) is 65.6 Å². The first-order chi connectivity index (χ1) is 13.3. The molecular weight excluding hydrogens is 440 g/mol. The van der Waals surface area contributed by atoms with Crippen LogP contribution < -0.4 is 5.32 Å². The van der Waals surface area contributed by atoms with E-state index < -0.39 is 6.04 Å². The van der Waals surface area contributed by atoms with Crippen LogP contribution in [0.3, 0.4) is 0 Å². The largest absolute Gasteiger partial charge is 0.354 e. The van der Waals surface area contributed by atoms with E-state index in [2.05, 4.69) is 21.2 Å². The van der Waals surface area contributed by atoms with Crippen LogP contribution in [-0.2, 0) is 22.6 Å². The van der Waals surface area contributed by atoms with Crippen LogP contribution in [0.25, 0.3) is 0 Å². The summed E-state index contributed by atoms with van der Waals surface area (Å²) in [7, 11) is 0. The summed E-state index contributed by atoms with van der Waals surface area (Å²) in [6, 6.07) is 14.4. The van der Waals surface area contributed by atoms with Crippen molar-refractivity contribution >= 4 is 39.3 Å². The quantitative estimate of drug-likeness (QED) is 0.607. The van der Waals surface area contributed by atoms with E-state index in [9.17, 15) is 9.59 Å². The topological polar surface area (TPSA) is 49.4 Å². The van der Waals surface area contributed by atoms with Gasteiger partial charge >= 0.3 is 0 Å². The maximum Gasteiger partial charge on any atom is 0.242 e. The number of carbonyl (C=O) groups is 2. The number of hydrogen-bond acceptors (Lipinski definition) is 2. The molecule has 150 valence electrons. The average Bonchev–Trinajstić information content (AvgIpc) is 2.66. The van der Waals surface area contributed by atoms with Gasteiger partial charge in [-0.15, -0.1) is 0 Å². The van der Waals surface area contributed by atoms with Gasteiger partial charge in [0.1, 0.15) is 6.04 Å². The summed E-state index contributed by atoms with van der Waals surface area (Å²) in [5.74, 6) is 0.105. The van der Waals surface area contributed by atoms with Crippen LogP contribution in [0.1, 0.15) is 31.9 Å². The third-order valence-corrected chi connectivity index (χ3v) is 5.17. The van der Waals surface area contributed by atoms with E-state index in [0.717, 1.165) is 15.6 Å². The van der Waals surface area contributed by atoms with Gasteiger partial charge in [0.2, 0.25) is 11.8 Å². The molecule has 28 heavy (non-hydrogen) atoms. The Morgan fingerprint density at radius 1 is 1.00 bits per heavy atom. The van der Waals surface area contributed by atoms with Gasteiger partial charge in [0.15, 0.2) is 0 Å². The second-order valence-corrected chi connectivity index (χ2v) is 8.62. The smallest absolute Gasteiger partial charge is 0.242 e. The maximum atomic E-state index is 13.1. The van der Waals surface area contributed by atoms with Crippen LogP contribution in [0.5, 0.6) is 0 Å². The van der Waals surface area contributed by atoms with Gasteiger partial charge in [0.25, 0.3) is 0 Å². The lowest BCUT2D eigenvalue weighted by Gasteiger charge is -2.29. The van der Waals surface area contributed by atoms with Crippen LogP contribution in [0.15, 0.2) is 53.0 Å². The van der Waals surface area contributed by atoms with E-state index in [1.54, 1.807) is 24.0 Å². The molecule has 0 saturated heterocycles. The molecule has 0 aliphatic heterocycles. The fourth-order valence-electron chi connectivity index (χ4n) is 2.70. The molecule has 0 aromatic heterocycles. The van der Waals surface area contributed by atoms with Crippen LogP contribution in [0, 0.1) is 5.92 Å². The zero-order chi connectivity index (χ0) is 20.7. The molecule has 0 saturated carbocycles. The Morgan fingerprint density at radius 3 is 2.14 bits per heavy atom. The number of rotatable bonds is 8. The van der Waals surface area contributed by atoms with E-state index in [4.69, 9.17) is 11.6 Å². The molecule has 0 aliphatic rings. The molecule has 2 aromatic rings. The third kappa shape index (κ3) is 6.95. The van der Waals surface area contributed by atoms with Crippen molar-refractivity contribution in [2.75, 3.05) is 6.54 Å². The Labute approximate surface area is 180 Å². The van der Waals surface area contributed by atoms with Gasteiger partial charge in [-0.05, 0) is 48.2 Å². The molecule has 0 heterocycles. The van der Waals surface area contributed by atoms with Crippen molar-refractivity contribution in [3.05, 3.63) is 69.2 Å². The molecule has 0 unspecified atom stereocenters. The zero-order valence-electron chi connectivity index (χ0n) is 16.4. The molecule has 2 aromatic carbocycles. The van der Waals surface area contributed by atoms with Crippen molar-refractivity contribution < 1.29 is 9.59 Å². The van der Waals surface area contributed by atoms with Crippen molar-refractivity contribution in [1.29, 1.82) is 0 Å². The standard InChI is InChI=1S/C22H26BrClN2O2/c1-15(2)13-25-22(28)16(3)26(14-18-4-8-19(23)9-5-18)21(27)12-17-6-10-20(24)11-7-17/h4-11,15-16H,12-14H2,1-3H3,(H,25,28)/t16-/m1/s1. The second kappa shape index (κ2) is 10.6. The van der Waals surface area contributed by atoms with Gasteiger partial charge < -0.3 is 10.2 Å². The molecule has 2 rings (SSSR count). The number of nitrogens with zero attached hydrogens (tertiary/aromatic N) is 1. The van der Waals surface area contributed by atoms with Gasteiger partial charge in [-0.2, -0.15) is 0 Å². The third-order valence-electron chi connectivity index (χ3n) is 4.39. The lowest BCUT2D eigenvalue weighted by molar-refractivity contribution is -0.140. The summed E-state index contributed by atoms with van der Waals surface area (Å²) in [6.45, 7) is 6.80. The van der Waals surface area contributed by atoms with Crippen LogP contribution >= 0.6 is 27.5 Å². The minimum atomic E-state index is -0.567. The van der Waals surface area contributed by atoms with Gasteiger partial charge in [-0.25, -0.2) is 0 Å². The highest BCUT2D eigenvalue weighted by atomic mass is 79.9. The van der Waals surface area contributed by atoms with Crippen molar-refractivity contribution in [3.8, 4) is 0 Å². The summed E-state index contributed by atoms with van der Waals surface area (Å²) in [6.07, 6.45) is 0.218. The van der Waals surface area contributed by atoms with Gasteiger partial charge in [-0.3, -0.25) is 9.59 Å². The molecule has 4 nitrogen and oxygen atoms in total. The number of nitrogens with one attached hydrogen (secondary N) is 1. The molecule has 0 aliphatic carbocycles. The van der Waals surface area contributed by atoms with E-state index in [-0.39, 0.29) is 18.2 Å². The normalized spacial score (nSPS) is 11.9. The SMILES string of the molecule is CC(C)CNC(=O)[C@@H](C)N(Cc1ccc(Br)cc1)C(=O)Cc1ccc(Cl)cc1. The predicted octanol–water partition coefficient (Wildman–Crippen LogP) is 4.83. The number of halogens is 2. The predicted molar refractivity (Wildman–Crippen MR) is 117 cm³/mol. The Hall–Kier alpha value is -1.85. The monoisotopic (exact) mass is 464 g/mol. The Bertz CT molecular complexity index is 791. The highest BCUT2D eigenvalue weighted by molar-refractivity contribution is 9.10. The molecule has 0 bridgehead atoms. The number of hydrogen-bond donors (Lipinski definition) is 1. The minimum Gasteiger partial charge on any atom is -0.354 e. The molecule has 0 radical (unpaired) electrons. The minimum absolute atomic E-state index is 0.0996. The van der Waals surface area contributed by atoms with E-state index >= 15 is 0 Å². The number of amides is 2. The Balaban J connectivity index is 2.18. The number of carbonyl (C=O) groups excluding carboxylic acids is 2. The summed E-state index contributed by atoms with van der Waals surface area (Å²) in [5, 5.41) is 3.55. The van der Waals surface area contributed by atoms with E-state index in [1.165, 1.54) is 0 Å². The Morgan fingerprint density at radius 2 is 1.57 bits per heavy atom. The van der Waals surface area contributed by atoms with Crippen molar-refractivity contribution in [3.63, 3.8) is 0 Å². The first-order valence-corrected chi connectivity index (χ1v) is 10.5. The summed E-state index contributed by atoms with van der Waals surface area (Å²) in [4.78, 5) is 27.3. The molecule has 1 N–H and O–H groups in total. The molecule has 0 fully saturated rings. The second-order valence-electron chi connectivity index (χ2n) is 7.27. The van der Waals surface area contributed by atoms with Crippen molar-refractivity contribution in [2.24, 2.45) is 5.92 Å². The van der Waals surface area contributed by atoms with Crippen LogP contribution in [-0.4, -0.2) is 29.3 Å². The molecular formula is C22H26BrClN2O2.